The number of likely N-dealkylation sites (tertiary alicyclic amines) is 1. The summed E-state index contributed by atoms with van der Waals surface area (Å²) in [5, 5.41) is 11.7. The molecule has 2 heterocycles. The fourth-order valence-electron chi connectivity index (χ4n) is 2.47. The van der Waals surface area contributed by atoms with Crippen molar-refractivity contribution in [2.75, 3.05) is 26.2 Å². The molecule has 112 valence electrons. The fourth-order valence-corrected chi connectivity index (χ4v) is 2.47. The molecule has 0 saturated carbocycles. The zero-order chi connectivity index (χ0) is 15.1. The van der Waals surface area contributed by atoms with Crippen molar-refractivity contribution in [1.29, 1.82) is 0 Å². The van der Waals surface area contributed by atoms with Crippen LogP contribution in [0.5, 0.6) is 0 Å². The predicted octanol–water partition coefficient (Wildman–Crippen LogP) is 0.640. The molecule has 1 fully saturated rings. The summed E-state index contributed by atoms with van der Waals surface area (Å²) in [6.07, 6.45) is 5.59. The third kappa shape index (κ3) is 4.28. The second kappa shape index (κ2) is 7.77. The molecule has 21 heavy (non-hydrogen) atoms. The Morgan fingerprint density at radius 1 is 1.52 bits per heavy atom. The smallest absolute Gasteiger partial charge is 0.252 e. The van der Waals surface area contributed by atoms with Gasteiger partial charge in [0.25, 0.3) is 5.91 Å². The van der Waals surface area contributed by atoms with Gasteiger partial charge < -0.3 is 10.4 Å². The van der Waals surface area contributed by atoms with E-state index in [1.54, 1.807) is 18.5 Å². The van der Waals surface area contributed by atoms with E-state index in [4.69, 9.17) is 5.11 Å². The van der Waals surface area contributed by atoms with Crippen molar-refractivity contribution < 1.29 is 9.90 Å². The highest BCUT2D eigenvalue weighted by molar-refractivity contribution is 5.96. The van der Waals surface area contributed by atoms with Crippen LogP contribution in [0.3, 0.4) is 0 Å². The van der Waals surface area contributed by atoms with Gasteiger partial charge in [0.2, 0.25) is 0 Å². The minimum Gasteiger partial charge on any atom is -0.384 e. The molecule has 2 rings (SSSR count). The number of nitrogens with one attached hydrogen (secondary N) is 1. The van der Waals surface area contributed by atoms with Gasteiger partial charge in [0.05, 0.1) is 11.1 Å². The third-order valence-electron chi connectivity index (χ3n) is 3.69. The number of nitrogens with zero attached hydrogens (tertiary/aromatic N) is 2. The topological polar surface area (TPSA) is 65.5 Å². The zero-order valence-electron chi connectivity index (χ0n) is 12.3. The van der Waals surface area contributed by atoms with Crippen LogP contribution in [0, 0.1) is 11.8 Å². The molecule has 1 aromatic rings. The number of pyridine rings is 1. The Morgan fingerprint density at radius 2 is 2.29 bits per heavy atom. The molecule has 0 aromatic carbocycles. The van der Waals surface area contributed by atoms with E-state index in [1.165, 1.54) is 12.8 Å². The van der Waals surface area contributed by atoms with Crippen molar-refractivity contribution in [3.63, 3.8) is 0 Å². The molecule has 1 aromatic heterocycles. The maximum Gasteiger partial charge on any atom is 0.252 e. The first-order valence-corrected chi connectivity index (χ1v) is 7.28. The van der Waals surface area contributed by atoms with Crippen LogP contribution < -0.4 is 5.32 Å². The molecule has 2 N–H and O–H groups in total. The van der Waals surface area contributed by atoms with E-state index in [0.29, 0.717) is 23.7 Å². The first-order valence-electron chi connectivity index (χ1n) is 7.28. The summed E-state index contributed by atoms with van der Waals surface area (Å²) in [5.41, 5.74) is 1.04. The first kappa shape index (κ1) is 15.5. The summed E-state index contributed by atoms with van der Waals surface area (Å²) < 4.78 is 0. The van der Waals surface area contributed by atoms with Gasteiger partial charge in [-0.15, -0.1) is 0 Å². The second-order valence-corrected chi connectivity index (χ2v) is 5.18. The van der Waals surface area contributed by atoms with Gasteiger partial charge in [0.1, 0.15) is 6.61 Å². The van der Waals surface area contributed by atoms with Crippen molar-refractivity contribution >= 4 is 5.91 Å². The highest BCUT2D eigenvalue weighted by Gasteiger charge is 2.19. The minimum absolute atomic E-state index is 0.148. The summed E-state index contributed by atoms with van der Waals surface area (Å²) in [4.78, 5) is 18.6. The number of carbonyl (C=O) groups is 1. The number of carbonyl (C=O) groups excluding carboxylic acids is 1. The van der Waals surface area contributed by atoms with E-state index < -0.39 is 0 Å². The van der Waals surface area contributed by atoms with Crippen molar-refractivity contribution in [2.45, 2.75) is 25.8 Å². The molecule has 1 aliphatic heterocycles. The lowest BCUT2D eigenvalue weighted by Gasteiger charge is -2.23. The van der Waals surface area contributed by atoms with Gasteiger partial charge in [-0.2, -0.15) is 0 Å². The molecule has 1 aliphatic rings. The van der Waals surface area contributed by atoms with Crippen LogP contribution in [0.4, 0.5) is 0 Å². The monoisotopic (exact) mass is 287 g/mol. The van der Waals surface area contributed by atoms with Crippen molar-refractivity contribution in [1.82, 2.24) is 15.2 Å². The number of amides is 1. The van der Waals surface area contributed by atoms with Crippen LogP contribution in [0.25, 0.3) is 0 Å². The molecule has 0 radical (unpaired) electrons. The van der Waals surface area contributed by atoms with E-state index in [9.17, 15) is 4.79 Å². The Hall–Kier alpha value is -1.90. The molecule has 5 nitrogen and oxygen atoms in total. The molecule has 0 aliphatic carbocycles. The Bertz CT molecular complexity index is 542. The zero-order valence-corrected chi connectivity index (χ0v) is 12.3. The summed E-state index contributed by atoms with van der Waals surface area (Å²) in [7, 11) is 0. The van der Waals surface area contributed by atoms with E-state index in [2.05, 4.69) is 34.0 Å². The van der Waals surface area contributed by atoms with Crippen LogP contribution in [0.15, 0.2) is 18.5 Å². The Kier molecular flexibility index (Phi) is 5.73. The number of hydrogen-bond donors (Lipinski definition) is 2. The number of aliphatic hydroxyl groups excluding tert-OH is 1. The van der Waals surface area contributed by atoms with Crippen molar-refractivity contribution in [3.8, 4) is 11.8 Å². The van der Waals surface area contributed by atoms with E-state index in [1.807, 2.05) is 0 Å². The normalized spacial score (nSPS) is 16.1. The fraction of sp³-hybridized carbons (Fsp3) is 0.500. The van der Waals surface area contributed by atoms with Crippen LogP contribution >= 0.6 is 0 Å². The van der Waals surface area contributed by atoms with Gasteiger partial charge in [-0.05, 0) is 38.9 Å². The number of aromatic nitrogens is 1. The van der Waals surface area contributed by atoms with Gasteiger partial charge in [-0.1, -0.05) is 11.8 Å². The average molecular weight is 287 g/mol. The summed E-state index contributed by atoms with van der Waals surface area (Å²) >= 11 is 0. The summed E-state index contributed by atoms with van der Waals surface area (Å²) in [6.45, 7) is 4.74. The van der Waals surface area contributed by atoms with Gasteiger partial charge in [0.15, 0.2) is 0 Å². The van der Waals surface area contributed by atoms with Crippen LogP contribution in [0.1, 0.15) is 35.7 Å². The third-order valence-corrected chi connectivity index (χ3v) is 3.69. The van der Waals surface area contributed by atoms with Crippen molar-refractivity contribution in [2.24, 2.45) is 0 Å². The SMILES string of the molecule is CC(CNC(=O)c1ccncc1C#CCO)N1CCCC1. The largest absolute Gasteiger partial charge is 0.384 e. The lowest BCUT2D eigenvalue weighted by atomic mass is 10.1. The summed E-state index contributed by atoms with van der Waals surface area (Å²) in [6, 6.07) is 1.99. The molecule has 5 heteroatoms. The lowest BCUT2D eigenvalue weighted by molar-refractivity contribution is 0.0940. The lowest BCUT2D eigenvalue weighted by Crippen LogP contribution is -2.40. The average Bonchev–Trinajstić information content (AvgIpc) is 3.05. The van der Waals surface area contributed by atoms with Crippen LogP contribution in [-0.2, 0) is 0 Å². The molecule has 1 amide bonds. The number of aliphatic hydroxyl groups is 1. The second-order valence-electron chi connectivity index (χ2n) is 5.18. The quantitative estimate of drug-likeness (QED) is 0.798. The van der Waals surface area contributed by atoms with Crippen LogP contribution in [-0.4, -0.2) is 53.2 Å². The molecular formula is C16H21N3O2. The predicted molar refractivity (Wildman–Crippen MR) is 80.8 cm³/mol. The summed E-state index contributed by atoms with van der Waals surface area (Å²) in [5.74, 6) is 5.15. The highest BCUT2D eigenvalue weighted by Crippen LogP contribution is 2.11. The van der Waals surface area contributed by atoms with E-state index in [0.717, 1.165) is 13.1 Å². The first-order chi connectivity index (χ1) is 10.2. The Morgan fingerprint density at radius 3 is 3.00 bits per heavy atom. The van der Waals surface area contributed by atoms with Crippen molar-refractivity contribution in [3.05, 3.63) is 29.6 Å². The van der Waals surface area contributed by atoms with Gasteiger partial charge in [0, 0.05) is 25.0 Å². The molecule has 1 atom stereocenters. The maximum atomic E-state index is 12.3. The Balaban J connectivity index is 1.96. The number of rotatable bonds is 4. The molecule has 0 bridgehead atoms. The number of hydrogen-bond acceptors (Lipinski definition) is 4. The van der Waals surface area contributed by atoms with Gasteiger partial charge in [-0.25, -0.2) is 0 Å². The molecule has 1 saturated heterocycles. The minimum atomic E-state index is -0.234. The maximum absolute atomic E-state index is 12.3. The Labute approximate surface area is 125 Å². The van der Waals surface area contributed by atoms with E-state index >= 15 is 0 Å². The standard InChI is InChI=1S/C16H21N3O2/c1-13(19-8-2-3-9-19)11-18-16(21)15-6-7-17-12-14(15)5-4-10-20/h6-7,12-13,20H,2-3,8-11H2,1H3,(H,18,21). The van der Waals surface area contributed by atoms with Gasteiger partial charge in [-0.3, -0.25) is 14.7 Å². The van der Waals surface area contributed by atoms with Gasteiger partial charge >= 0.3 is 0 Å². The van der Waals surface area contributed by atoms with Crippen LogP contribution in [0.2, 0.25) is 0 Å². The molecule has 0 spiro atoms. The molecule has 1 unspecified atom stereocenters. The molecular weight excluding hydrogens is 266 g/mol. The van der Waals surface area contributed by atoms with E-state index in [-0.39, 0.29) is 12.5 Å². The highest BCUT2D eigenvalue weighted by atomic mass is 16.2.